The minimum Gasteiger partial charge on any atom is -0.497 e. The molecule has 0 aliphatic carbocycles. The van der Waals surface area contributed by atoms with Gasteiger partial charge < -0.3 is 9.47 Å². The molecule has 0 heterocycles. The topological polar surface area (TPSA) is 97.3 Å². The Kier molecular flexibility index (Phi) is 8.07. The van der Waals surface area contributed by atoms with Crippen LogP contribution >= 0.6 is 15.9 Å². The summed E-state index contributed by atoms with van der Waals surface area (Å²) in [7, 11) is -0.967. The summed E-state index contributed by atoms with van der Waals surface area (Å²) in [5, 5.41) is 3.95. The first-order valence-corrected chi connectivity index (χ1v) is 12.0. The Bertz CT molecular complexity index is 1230. The van der Waals surface area contributed by atoms with Crippen molar-refractivity contribution in [1.82, 2.24) is 5.43 Å². The summed E-state index contributed by atoms with van der Waals surface area (Å²) in [5.41, 5.74) is 3.32. The van der Waals surface area contributed by atoms with Crippen LogP contribution in [0.5, 0.6) is 11.5 Å². The maximum absolute atomic E-state index is 13.3. The molecule has 0 saturated carbocycles. The zero-order valence-corrected chi connectivity index (χ0v) is 20.3. The summed E-state index contributed by atoms with van der Waals surface area (Å²) in [6, 6.07) is 19.6. The fourth-order valence-electron chi connectivity index (χ4n) is 2.93. The number of carbonyl (C=O) groups is 1. The molecule has 0 atom stereocenters. The molecule has 3 rings (SSSR count). The number of halogens is 1. The Balaban J connectivity index is 1.84. The van der Waals surface area contributed by atoms with Crippen LogP contribution in [-0.4, -0.2) is 41.3 Å². The molecule has 0 aliphatic heterocycles. The van der Waals surface area contributed by atoms with Gasteiger partial charge in [-0.3, -0.25) is 9.10 Å². The second-order valence-electron chi connectivity index (χ2n) is 6.70. The summed E-state index contributed by atoms with van der Waals surface area (Å²) >= 11 is 3.37. The van der Waals surface area contributed by atoms with Crippen LogP contribution in [0.15, 0.2) is 87.3 Å². The maximum Gasteiger partial charge on any atom is 0.264 e. The van der Waals surface area contributed by atoms with E-state index in [2.05, 4.69) is 26.5 Å². The average molecular weight is 532 g/mol. The maximum atomic E-state index is 13.3. The van der Waals surface area contributed by atoms with E-state index in [1.54, 1.807) is 54.6 Å². The molecule has 0 bridgehead atoms. The number of sulfonamides is 1. The molecule has 0 saturated heterocycles. The van der Waals surface area contributed by atoms with Gasteiger partial charge >= 0.3 is 0 Å². The van der Waals surface area contributed by atoms with E-state index in [0.717, 1.165) is 8.78 Å². The predicted octanol–water partition coefficient (Wildman–Crippen LogP) is 3.81. The molecule has 0 fully saturated rings. The third kappa shape index (κ3) is 6.11. The molecule has 3 aromatic rings. The van der Waals surface area contributed by atoms with Crippen LogP contribution in [0.4, 0.5) is 5.69 Å². The van der Waals surface area contributed by atoms with Crippen molar-refractivity contribution in [3.63, 3.8) is 0 Å². The molecule has 8 nitrogen and oxygen atoms in total. The van der Waals surface area contributed by atoms with Crippen molar-refractivity contribution in [2.75, 3.05) is 25.1 Å². The molecule has 172 valence electrons. The standard InChI is InChI=1S/C23H22BrN3O5S/c1-31-20-11-9-19(10-12-20)27(33(29,30)21-6-4-3-5-7-21)16-23(28)26-25-15-17-14-18(24)8-13-22(17)32-2/h3-15H,16H2,1-2H3,(H,26,28)/b25-15-. The van der Waals surface area contributed by atoms with Gasteiger partial charge in [0.1, 0.15) is 18.0 Å². The number of anilines is 1. The zero-order valence-electron chi connectivity index (χ0n) is 17.9. The first-order valence-electron chi connectivity index (χ1n) is 9.72. The van der Waals surface area contributed by atoms with E-state index in [9.17, 15) is 13.2 Å². The summed E-state index contributed by atoms with van der Waals surface area (Å²) in [6.45, 7) is -0.476. The van der Waals surface area contributed by atoms with Gasteiger partial charge in [-0.2, -0.15) is 5.10 Å². The third-order valence-electron chi connectivity index (χ3n) is 4.56. The molecule has 0 spiro atoms. The number of carbonyl (C=O) groups excluding carboxylic acids is 1. The smallest absolute Gasteiger partial charge is 0.264 e. The monoisotopic (exact) mass is 531 g/mol. The lowest BCUT2D eigenvalue weighted by molar-refractivity contribution is -0.119. The number of hydrogen-bond acceptors (Lipinski definition) is 6. The normalized spacial score (nSPS) is 11.2. The number of hydrogen-bond donors (Lipinski definition) is 1. The molecule has 3 aromatic carbocycles. The summed E-state index contributed by atoms with van der Waals surface area (Å²) in [4.78, 5) is 12.7. The fourth-order valence-corrected chi connectivity index (χ4v) is 4.75. The van der Waals surface area contributed by atoms with Crippen molar-refractivity contribution in [3.05, 3.63) is 82.8 Å². The number of hydrazone groups is 1. The van der Waals surface area contributed by atoms with Gasteiger partial charge in [0.15, 0.2) is 0 Å². The SMILES string of the molecule is COc1ccc(N(CC(=O)N/N=C\c2cc(Br)ccc2OC)S(=O)(=O)c2ccccc2)cc1. The quantitative estimate of drug-likeness (QED) is 0.334. The number of methoxy groups -OCH3 is 2. The van der Waals surface area contributed by atoms with Gasteiger partial charge in [0.25, 0.3) is 15.9 Å². The molecule has 0 aliphatic rings. The Morgan fingerprint density at radius 1 is 1.03 bits per heavy atom. The van der Waals surface area contributed by atoms with Crippen LogP contribution in [0.3, 0.4) is 0 Å². The third-order valence-corrected chi connectivity index (χ3v) is 6.84. The van der Waals surface area contributed by atoms with Gasteiger partial charge in [-0.25, -0.2) is 13.8 Å². The lowest BCUT2D eigenvalue weighted by atomic mass is 10.2. The molecule has 10 heteroatoms. The Morgan fingerprint density at radius 3 is 2.36 bits per heavy atom. The van der Waals surface area contributed by atoms with Crippen LogP contribution in [0.2, 0.25) is 0 Å². The predicted molar refractivity (Wildman–Crippen MR) is 130 cm³/mol. The summed E-state index contributed by atoms with van der Waals surface area (Å²) in [6.07, 6.45) is 1.42. The fraction of sp³-hybridized carbons (Fsp3) is 0.130. The number of amides is 1. The van der Waals surface area contributed by atoms with E-state index in [1.165, 1.54) is 32.6 Å². The number of rotatable bonds is 9. The van der Waals surface area contributed by atoms with Gasteiger partial charge in [-0.1, -0.05) is 34.1 Å². The van der Waals surface area contributed by atoms with E-state index in [0.29, 0.717) is 22.7 Å². The summed E-state index contributed by atoms with van der Waals surface area (Å²) < 4.78 is 38.8. The van der Waals surface area contributed by atoms with E-state index >= 15 is 0 Å². The van der Waals surface area contributed by atoms with Gasteiger partial charge in [-0.05, 0) is 54.6 Å². The van der Waals surface area contributed by atoms with Crippen LogP contribution in [0, 0.1) is 0 Å². The van der Waals surface area contributed by atoms with Crippen LogP contribution in [-0.2, 0) is 14.8 Å². The minimum absolute atomic E-state index is 0.0657. The number of nitrogens with zero attached hydrogens (tertiary/aromatic N) is 2. The van der Waals surface area contributed by atoms with Gasteiger partial charge in [0.05, 0.1) is 31.0 Å². The van der Waals surface area contributed by atoms with Crippen molar-refractivity contribution in [2.24, 2.45) is 5.10 Å². The van der Waals surface area contributed by atoms with E-state index < -0.39 is 22.5 Å². The van der Waals surface area contributed by atoms with E-state index in [4.69, 9.17) is 9.47 Å². The highest BCUT2D eigenvalue weighted by Crippen LogP contribution is 2.25. The van der Waals surface area contributed by atoms with Gasteiger partial charge in [0, 0.05) is 10.0 Å². The van der Waals surface area contributed by atoms with Crippen molar-refractivity contribution >= 4 is 43.8 Å². The first kappa shape index (κ1) is 24.3. The zero-order chi connectivity index (χ0) is 23.8. The molecule has 1 N–H and O–H groups in total. The number of ether oxygens (including phenoxy) is 2. The Hall–Kier alpha value is -3.37. The average Bonchev–Trinajstić information content (AvgIpc) is 2.83. The van der Waals surface area contributed by atoms with Crippen molar-refractivity contribution in [1.29, 1.82) is 0 Å². The Morgan fingerprint density at radius 2 is 1.73 bits per heavy atom. The van der Waals surface area contributed by atoms with Crippen molar-refractivity contribution in [2.45, 2.75) is 4.90 Å². The number of nitrogens with one attached hydrogen (secondary N) is 1. The molecule has 0 aromatic heterocycles. The van der Waals surface area contributed by atoms with Crippen molar-refractivity contribution in [3.8, 4) is 11.5 Å². The number of benzene rings is 3. The lowest BCUT2D eigenvalue weighted by Gasteiger charge is -2.23. The minimum atomic E-state index is -4.01. The van der Waals surface area contributed by atoms with Crippen LogP contribution in [0.1, 0.15) is 5.56 Å². The van der Waals surface area contributed by atoms with E-state index in [-0.39, 0.29) is 4.90 Å². The molecular formula is C23H22BrN3O5S. The highest BCUT2D eigenvalue weighted by atomic mass is 79.9. The van der Waals surface area contributed by atoms with Gasteiger partial charge in [-0.15, -0.1) is 0 Å². The molecular weight excluding hydrogens is 510 g/mol. The largest absolute Gasteiger partial charge is 0.497 e. The highest BCUT2D eigenvalue weighted by molar-refractivity contribution is 9.10. The van der Waals surface area contributed by atoms with Crippen molar-refractivity contribution < 1.29 is 22.7 Å². The molecule has 0 radical (unpaired) electrons. The lowest BCUT2D eigenvalue weighted by Crippen LogP contribution is -2.39. The van der Waals surface area contributed by atoms with E-state index in [1.807, 2.05) is 6.07 Å². The summed E-state index contributed by atoms with van der Waals surface area (Å²) in [5.74, 6) is 0.520. The highest BCUT2D eigenvalue weighted by Gasteiger charge is 2.27. The molecule has 33 heavy (non-hydrogen) atoms. The molecule has 1 amide bonds. The second kappa shape index (κ2) is 11.0. The van der Waals surface area contributed by atoms with Crippen LogP contribution < -0.4 is 19.2 Å². The first-order chi connectivity index (χ1) is 15.8. The second-order valence-corrected chi connectivity index (χ2v) is 9.48. The molecule has 0 unspecified atom stereocenters. The van der Waals surface area contributed by atoms with Crippen LogP contribution in [0.25, 0.3) is 0 Å². The Labute approximate surface area is 201 Å². The van der Waals surface area contributed by atoms with Gasteiger partial charge in [0.2, 0.25) is 0 Å².